The predicted molar refractivity (Wildman–Crippen MR) is 62.7 cm³/mol. The third-order valence-corrected chi connectivity index (χ3v) is 3.10. The van der Waals surface area contributed by atoms with Gasteiger partial charge in [0.1, 0.15) is 5.60 Å². The molecule has 2 N–H and O–H groups in total. The number of ether oxygens (including phenoxy) is 1. The maximum Gasteiger partial charge on any atom is 0.305 e. The van der Waals surface area contributed by atoms with Gasteiger partial charge in [-0.3, -0.25) is 9.59 Å². The van der Waals surface area contributed by atoms with Crippen molar-refractivity contribution in [2.24, 2.45) is 0 Å². The number of amides is 1. The maximum absolute atomic E-state index is 12.1. The van der Waals surface area contributed by atoms with Crippen molar-refractivity contribution in [3.63, 3.8) is 0 Å². The summed E-state index contributed by atoms with van der Waals surface area (Å²) in [4.78, 5) is 22.7. The van der Waals surface area contributed by atoms with Gasteiger partial charge >= 0.3 is 5.97 Å². The van der Waals surface area contributed by atoms with Gasteiger partial charge < -0.3 is 15.2 Å². The van der Waals surface area contributed by atoms with E-state index in [-0.39, 0.29) is 18.4 Å². The molecule has 0 aliphatic heterocycles. The number of nitrogens with one attached hydrogen (secondary N) is 1. The van der Waals surface area contributed by atoms with Crippen molar-refractivity contribution in [1.82, 2.24) is 5.32 Å². The van der Waals surface area contributed by atoms with Crippen molar-refractivity contribution < 1.29 is 19.4 Å². The van der Waals surface area contributed by atoms with Crippen LogP contribution in [0.3, 0.4) is 0 Å². The van der Waals surface area contributed by atoms with Gasteiger partial charge in [-0.2, -0.15) is 0 Å². The molecule has 1 amide bonds. The van der Waals surface area contributed by atoms with E-state index in [2.05, 4.69) is 5.32 Å². The topological polar surface area (TPSA) is 75.6 Å². The summed E-state index contributed by atoms with van der Waals surface area (Å²) < 4.78 is 5.60. The van der Waals surface area contributed by atoms with Crippen molar-refractivity contribution in [2.45, 2.75) is 57.6 Å². The Kier molecular flexibility index (Phi) is 4.93. The van der Waals surface area contributed by atoms with E-state index in [1.807, 2.05) is 6.92 Å². The second-order valence-corrected chi connectivity index (χ2v) is 4.61. The number of rotatable bonds is 6. The van der Waals surface area contributed by atoms with Gasteiger partial charge in [0, 0.05) is 12.6 Å². The maximum atomic E-state index is 12.1. The highest BCUT2D eigenvalue weighted by Gasteiger charge is 2.42. The molecule has 5 nitrogen and oxygen atoms in total. The highest BCUT2D eigenvalue weighted by atomic mass is 16.5. The van der Waals surface area contributed by atoms with Crippen LogP contribution in [0.15, 0.2) is 0 Å². The normalized spacial score (nSPS) is 19.9. The van der Waals surface area contributed by atoms with E-state index in [0.717, 1.165) is 25.7 Å². The number of carbonyl (C=O) groups is 2. The quantitative estimate of drug-likeness (QED) is 0.737. The zero-order chi connectivity index (χ0) is 12.9. The molecule has 1 aliphatic carbocycles. The minimum absolute atomic E-state index is 0.0616. The van der Waals surface area contributed by atoms with Gasteiger partial charge in [0.15, 0.2) is 0 Å². The molecule has 17 heavy (non-hydrogen) atoms. The molecule has 1 unspecified atom stereocenters. The number of carboxylic acids is 1. The van der Waals surface area contributed by atoms with Crippen molar-refractivity contribution in [1.29, 1.82) is 0 Å². The van der Waals surface area contributed by atoms with Crippen molar-refractivity contribution in [2.75, 3.05) is 6.61 Å². The van der Waals surface area contributed by atoms with Crippen LogP contribution < -0.4 is 5.32 Å². The Morgan fingerprint density at radius 3 is 2.47 bits per heavy atom. The first-order chi connectivity index (χ1) is 8.00. The lowest BCUT2D eigenvalue weighted by Gasteiger charge is -2.28. The average Bonchev–Trinajstić information content (AvgIpc) is 2.66. The zero-order valence-electron chi connectivity index (χ0n) is 10.5. The number of carboxylic acid groups (broad SMARTS) is 1. The summed E-state index contributed by atoms with van der Waals surface area (Å²) in [6, 6.07) is -0.363. The van der Waals surface area contributed by atoms with Crippen LogP contribution in [0.25, 0.3) is 0 Å². The van der Waals surface area contributed by atoms with E-state index in [4.69, 9.17) is 9.84 Å². The van der Waals surface area contributed by atoms with E-state index >= 15 is 0 Å². The molecule has 1 saturated carbocycles. The molecule has 1 aliphatic rings. The molecule has 98 valence electrons. The highest BCUT2D eigenvalue weighted by Crippen LogP contribution is 2.33. The van der Waals surface area contributed by atoms with Gasteiger partial charge in [-0.25, -0.2) is 0 Å². The molecule has 0 heterocycles. The highest BCUT2D eigenvalue weighted by molar-refractivity contribution is 5.86. The Bertz CT molecular complexity index is 284. The minimum Gasteiger partial charge on any atom is -0.481 e. The van der Waals surface area contributed by atoms with E-state index in [9.17, 15) is 9.59 Å². The summed E-state index contributed by atoms with van der Waals surface area (Å²) in [6.07, 6.45) is 3.37. The molecule has 0 aromatic heterocycles. The lowest BCUT2D eigenvalue weighted by molar-refractivity contribution is -0.147. The number of hydrogen-bond acceptors (Lipinski definition) is 3. The van der Waals surface area contributed by atoms with Crippen molar-refractivity contribution in [3.05, 3.63) is 0 Å². The zero-order valence-corrected chi connectivity index (χ0v) is 10.5. The third-order valence-electron chi connectivity index (χ3n) is 3.10. The Morgan fingerprint density at radius 1 is 1.41 bits per heavy atom. The fraction of sp³-hybridized carbons (Fsp3) is 0.833. The Morgan fingerprint density at radius 2 is 2.00 bits per heavy atom. The van der Waals surface area contributed by atoms with Crippen LogP contribution in [0.2, 0.25) is 0 Å². The van der Waals surface area contributed by atoms with Crippen LogP contribution in [-0.2, 0) is 14.3 Å². The lowest BCUT2D eigenvalue weighted by Crippen LogP contribution is -2.50. The molecule has 0 radical (unpaired) electrons. The second kappa shape index (κ2) is 6.00. The smallest absolute Gasteiger partial charge is 0.305 e. The Hall–Kier alpha value is -1.10. The summed E-state index contributed by atoms with van der Waals surface area (Å²) in [5.41, 5.74) is -0.721. The summed E-state index contributed by atoms with van der Waals surface area (Å²) in [7, 11) is 0. The van der Waals surface area contributed by atoms with Crippen LogP contribution in [-0.4, -0.2) is 35.2 Å². The van der Waals surface area contributed by atoms with Crippen LogP contribution in [0.4, 0.5) is 0 Å². The molecule has 0 spiro atoms. The number of carbonyl (C=O) groups excluding carboxylic acids is 1. The number of aliphatic carboxylic acids is 1. The largest absolute Gasteiger partial charge is 0.481 e. The van der Waals surface area contributed by atoms with E-state index in [1.165, 1.54) is 0 Å². The van der Waals surface area contributed by atoms with E-state index < -0.39 is 11.6 Å². The molecule has 0 bridgehead atoms. The first-order valence-corrected chi connectivity index (χ1v) is 6.17. The summed E-state index contributed by atoms with van der Waals surface area (Å²) in [5.74, 6) is -1.07. The second-order valence-electron chi connectivity index (χ2n) is 4.61. The minimum atomic E-state index is -0.908. The van der Waals surface area contributed by atoms with Gasteiger partial charge in [0.05, 0.1) is 6.42 Å². The predicted octanol–water partition coefficient (Wildman–Crippen LogP) is 1.32. The van der Waals surface area contributed by atoms with Crippen LogP contribution >= 0.6 is 0 Å². The van der Waals surface area contributed by atoms with Crippen molar-refractivity contribution >= 4 is 11.9 Å². The number of hydrogen-bond donors (Lipinski definition) is 2. The van der Waals surface area contributed by atoms with E-state index in [1.54, 1.807) is 6.92 Å². The first kappa shape index (κ1) is 14.0. The summed E-state index contributed by atoms with van der Waals surface area (Å²) in [6.45, 7) is 4.06. The first-order valence-electron chi connectivity index (χ1n) is 6.17. The van der Waals surface area contributed by atoms with Gasteiger partial charge in [0.25, 0.3) is 5.91 Å². The Labute approximate surface area is 102 Å². The fourth-order valence-corrected chi connectivity index (χ4v) is 2.33. The molecule has 5 heteroatoms. The van der Waals surface area contributed by atoms with Crippen LogP contribution in [0, 0.1) is 0 Å². The molecule has 0 saturated heterocycles. The molecule has 1 fully saturated rings. The molecule has 0 aromatic rings. The van der Waals surface area contributed by atoms with E-state index in [0.29, 0.717) is 6.61 Å². The van der Waals surface area contributed by atoms with Crippen LogP contribution in [0.1, 0.15) is 46.0 Å². The molecular formula is C12H21NO4. The molecule has 0 aromatic carbocycles. The Balaban J connectivity index is 2.57. The SMILES string of the molecule is CCOC1(C(=O)NC(C)CC(=O)O)CCCC1. The molecular weight excluding hydrogens is 222 g/mol. The van der Waals surface area contributed by atoms with Gasteiger partial charge in [-0.05, 0) is 39.5 Å². The summed E-state index contributed by atoms with van der Waals surface area (Å²) in [5, 5.41) is 11.4. The lowest BCUT2D eigenvalue weighted by atomic mass is 10.00. The van der Waals surface area contributed by atoms with Gasteiger partial charge in [-0.1, -0.05) is 0 Å². The van der Waals surface area contributed by atoms with Gasteiger partial charge in [0.2, 0.25) is 0 Å². The average molecular weight is 243 g/mol. The third kappa shape index (κ3) is 3.70. The van der Waals surface area contributed by atoms with Gasteiger partial charge in [-0.15, -0.1) is 0 Å². The molecule has 1 atom stereocenters. The summed E-state index contributed by atoms with van der Waals surface area (Å²) >= 11 is 0. The standard InChI is InChI=1S/C12H21NO4/c1-3-17-12(6-4-5-7-12)11(16)13-9(2)8-10(14)15/h9H,3-8H2,1-2H3,(H,13,16)(H,14,15). The van der Waals surface area contributed by atoms with Crippen LogP contribution in [0.5, 0.6) is 0 Å². The fourth-order valence-electron chi connectivity index (χ4n) is 2.33. The van der Waals surface area contributed by atoms with Crippen molar-refractivity contribution in [3.8, 4) is 0 Å². The molecule has 1 rings (SSSR count). The monoisotopic (exact) mass is 243 g/mol.